The average molecular weight is 493 g/mol. The van der Waals surface area contributed by atoms with Crippen molar-refractivity contribution < 1.29 is 13.9 Å². The third-order valence-electron chi connectivity index (χ3n) is 4.66. The van der Waals surface area contributed by atoms with Crippen molar-refractivity contribution in [2.45, 2.75) is 44.6 Å². The van der Waals surface area contributed by atoms with E-state index in [1.807, 2.05) is 6.07 Å². The van der Waals surface area contributed by atoms with Gasteiger partial charge in [-0.15, -0.1) is 24.0 Å². The van der Waals surface area contributed by atoms with Gasteiger partial charge in [-0.1, -0.05) is 26.0 Å². The van der Waals surface area contributed by atoms with E-state index in [0.717, 1.165) is 57.2 Å². The number of nitrogens with zero attached hydrogens (tertiary/aromatic N) is 1. The molecule has 2 rings (SSSR count). The summed E-state index contributed by atoms with van der Waals surface area (Å²) in [6, 6.07) is 6.76. The van der Waals surface area contributed by atoms with Crippen LogP contribution in [0.4, 0.5) is 4.39 Å². The maximum atomic E-state index is 13.5. The van der Waals surface area contributed by atoms with Crippen molar-refractivity contribution >= 4 is 29.9 Å². The Hall–Kier alpha value is -0.930. The van der Waals surface area contributed by atoms with Crippen molar-refractivity contribution in [3.8, 4) is 0 Å². The lowest BCUT2D eigenvalue weighted by Crippen LogP contribution is -2.43. The van der Waals surface area contributed by atoms with Gasteiger partial charge in [-0.2, -0.15) is 0 Å². The fraction of sp³-hybridized carbons (Fsp3) is 0.650. The first-order valence-electron chi connectivity index (χ1n) is 9.41. The summed E-state index contributed by atoms with van der Waals surface area (Å²) in [7, 11) is 1.75. The van der Waals surface area contributed by atoms with Gasteiger partial charge in [-0.3, -0.25) is 4.99 Å². The number of halogens is 2. The molecule has 27 heavy (non-hydrogen) atoms. The Morgan fingerprint density at radius 3 is 2.70 bits per heavy atom. The van der Waals surface area contributed by atoms with Crippen LogP contribution in [0.2, 0.25) is 0 Å². The van der Waals surface area contributed by atoms with Gasteiger partial charge in [0.15, 0.2) is 5.96 Å². The number of hydrogen-bond donors (Lipinski definition) is 2. The lowest BCUT2D eigenvalue weighted by Gasteiger charge is -2.27. The van der Waals surface area contributed by atoms with Crippen LogP contribution in [-0.2, 0) is 14.9 Å². The zero-order valence-corrected chi connectivity index (χ0v) is 18.9. The monoisotopic (exact) mass is 493 g/mol. The summed E-state index contributed by atoms with van der Waals surface area (Å²) in [5, 5.41) is 6.63. The minimum atomic E-state index is -0.206. The molecule has 0 spiro atoms. The van der Waals surface area contributed by atoms with Crippen LogP contribution in [0.3, 0.4) is 0 Å². The van der Waals surface area contributed by atoms with Gasteiger partial charge >= 0.3 is 0 Å². The summed E-state index contributed by atoms with van der Waals surface area (Å²) >= 11 is 0. The molecule has 1 aliphatic rings. The Morgan fingerprint density at radius 2 is 2.04 bits per heavy atom. The summed E-state index contributed by atoms with van der Waals surface area (Å²) < 4.78 is 24.7. The van der Waals surface area contributed by atoms with E-state index in [4.69, 9.17) is 9.47 Å². The smallest absolute Gasteiger partial charge is 0.191 e. The number of benzene rings is 1. The number of nitrogens with one attached hydrogen (secondary N) is 2. The number of hydrogen-bond acceptors (Lipinski definition) is 3. The summed E-state index contributed by atoms with van der Waals surface area (Å²) in [5.74, 6) is 0.545. The highest BCUT2D eigenvalue weighted by Gasteiger charge is 2.21. The molecule has 0 saturated carbocycles. The lowest BCUT2D eigenvalue weighted by molar-refractivity contribution is -0.0320. The molecule has 0 aromatic heterocycles. The molecule has 1 fully saturated rings. The molecule has 0 atom stereocenters. The SMILES string of the molecule is CN=C(NCCCOC1CCOCC1)NCC(C)(C)c1cccc(F)c1.I. The molecule has 1 aromatic carbocycles. The second kappa shape index (κ2) is 12.5. The maximum Gasteiger partial charge on any atom is 0.191 e. The number of ether oxygens (including phenoxy) is 2. The largest absolute Gasteiger partial charge is 0.381 e. The van der Waals surface area contributed by atoms with Crippen molar-refractivity contribution in [2.24, 2.45) is 4.99 Å². The fourth-order valence-electron chi connectivity index (χ4n) is 2.91. The zero-order chi connectivity index (χ0) is 18.8. The highest BCUT2D eigenvalue weighted by molar-refractivity contribution is 14.0. The van der Waals surface area contributed by atoms with Gasteiger partial charge in [0.05, 0.1) is 6.10 Å². The molecule has 1 saturated heterocycles. The summed E-state index contributed by atoms with van der Waals surface area (Å²) in [5.41, 5.74) is 0.761. The highest BCUT2D eigenvalue weighted by atomic mass is 127. The van der Waals surface area contributed by atoms with Gasteiger partial charge in [0.25, 0.3) is 0 Å². The number of aliphatic imine (C=N–C) groups is 1. The molecule has 0 radical (unpaired) electrons. The molecule has 0 unspecified atom stereocenters. The number of guanidine groups is 1. The number of rotatable bonds is 8. The van der Waals surface area contributed by atoms with E-state index in [1.54, 1.807) is 19.2 Å². The summed E-state index contributed by atoms with van der Waals surface area (Å²) in [4.78, 5) is 4.25. The molecule has 154 valence electrons. The van der Waals surface area contributed by atoms with E-state index in [1.165, 1.54) is 6.07 Å². The first kappa shape index (κ1) is 24.1. The normalized spacial score (nSPS) is 15.9. The second-order valence-electron chi connectivity index (χ2n) is 7.28. The van der Waals surface area contributed by atoms with E-state index >= 15 is 0 Å². The van der Waals surface area contributed by atoms with Crippen molar-refractivity contribution in [3.05, 3.63) is 35.6 Å². The Labute approximate surface area is 179 Å². The van der Waals surface area contributed by atoms with Crippen LogP contribution >= 0.6 is 24.0 Å². The van der Waals surface area contributed by atoms with Crippen molar-refractivity contribution in [3.63, 3.8) is 0 Å². The first-order chi connectivity index (χ1) is 12.5. The molecule has 1 heterocycles. The lowest BCUT2D eigenvalue weighted by atomic mass is 9.84. The van der Waals surface area contributed by atoms with Crippen LogP contribution in [0.1, 0.15) is 38.7 Å². The van der Waals surface area contributed by atoms with Crippen molar-refractivity contribution in [2.75, 3.05) is 40.0 Å². The average Bonchev–Trinajstić information content (AvgIpc) is 2.65. The van der Waals surface area contributed by atoms with Crippen LogP contribution in [0.25, 0.3) is 0 Å². The predicted octanol–water partition coefficient (Wildman–Crippen LogP) is 3.47. The molecule has 0 bridgehead atoms. The summed E-state index contributed by atoms with van der Waals surface area (Å²) in [6.45, 7) is 7.98. The van der Waals surface area contributed by atoms with E-state index < -0.39 is 0 Å². The molecule has 1 aliphatic heterocycles. The predicted molar refractivity (Wildman–Crippen MR) is 119 cm³/mol. The Kier molecular flexibility index (Phi) is 11.2. The first-order valence-corrected chi connectivity index (χ1v) is 9.41. The van der Waals surface area contributed by atoms with Gasteiger partial charge in [0.1, 0.15) is 5.82 Å². The van der Waals surface area contributed by atoms with Gasteiger partial charge in [-0.05, 0) is 37.0 Å². The fourth-order valence-corrected chi connectivity index (χ4v) is 2.91. The quantitative estimate of drug-likeness (QED) is 0.252. The summed E-state index contributed by atoms with van der Waals surface area (Å²) in [6.07, 6.45) is 3.25. The van der Waals surface area contributed by atoms with Gasteiger partial charge in [-0.25, -0.2) is 4.39 Å². The van der Waals surface area contributed by atoms with Crippen molar-refractivity contribution in [1.29, 1.82) is 0 Å². The Morgan fingerprint density at radius 1 is 1.30 bits per heavy atom. The molecule has 7 heteroatoms. The van der Waals surface area contributed by atoms with E-state index in [0.29, 0.717) is 12.6 Å². The molecular formula is C20H33FIN3O2. The zero-order valence-electron chi connectivity index (χ0n) is 16.6. The minimum Gasteiger partial charge on any atom is -0.381 e. The topological polar surface area (TPSA) is 54.9 Å². The highest BCUT2D eigenvalue weighted by Crippen LogP contribution is 2.22. The van der Waals surface area contributed by atoms with Crippen LogP contribution in [0.15, 0.2) is 29.3 Å². The standard InChI is InChI=1S/C20H32FN3O2.HI/c1-20(2,16-6-4-7-17(21)14-16)15-24-19(22-3)23-10-5-11-26-18-8-12-25-13-9-18;/h4,6-7,14,18H,5,8-13,15H2,1-3H3,(H2,22,23,24);1H. The van der Waals surface area contributed by atoms with Gasteiger partial charge in [0, 0.05) is 45.4 Å². The van der Waals surface area contributed by atoms with E-state index in [9.17, 15) is 4.39 Å². The van der Waals surface area contributed by atoms with Crippen LogP contribution in [-0.4, -0.2) is 52.0 Å². The Bertz CT molecular complexity index is 578. The third-order valence-corrected chi connectivity index (χ3v) is 4.66. The molecule has 0 amide bonds. The van der Waals surface area contributed by atoms with Crippen molar-refractivity contribution in [1.82, 2.24) is 10.6 Å². The minimum absolute atomic E-state index is 0. The maximum absolute atomic E-state index is 13.5. The van der Waals surface area contributed by atoms with Gasteiger partial charge < -0.3 is 20.1 Å². The van der Waals surface area contributed by atoms with Crippen LogP contribution in [0.5, 0.6) is 0 Å². The molecule has 5 nitrogen and oxygen atoms in total. The Balaban J connectivity index is 0.00000364. The molecule has 1 aromatic rings. The molecule has 2 N–H and O–H groups in total. The van der Waals surface area contributed by atoms with Gasteiger partial charge in [0.2, 0.25) is 0 Å². The van der Waals surface area contributed by atoms with Crippen LogP contribution < -0.4 is 10.6 Å². The van der Waals surface area contributed by atoms with Crippen LogP contribution in [0, 0.1) is 5.82 Å². The second-order valence-corrected chi connectivity index (χ2v) is 7.28. The van der Waals surface area contributed by atoms with E-state index in [2.05, 4.69) is 29.5 Å². The third kappa shape index (κ3) is 8.74. The van der Waals surface area contributed by atoms with E-state index in [-0.39, 0.29) is 35.2 Å². The molecule has 0 aliphatic carbocycles. The molecular weight excluding hydrogens is 460 g/mol.